The van der Waals surface area contributed by atoms with Crippen molar-refractivity contribution in [1.82, 2.24) is 10.3 Å². The van der Waals surface area contributed by atoms with Crippen molar-refractivity contribution in [2.75, 3.05) is 11.9 Å². The van der Waals surface area contributed by atoms with Crippen LogP contribution in [0.3, 0.4) is 0 Å². The van der Waals surface area contributed by atoms with Crippen LogP contribution in [0.25, 0.3) is 0 Å². The van der Waals surface area contributed by atoms with Gasteiger partial charge in [-0.25, -0.2) is 0 Å². The van der Waals surface area contributed by atoms with Crippen molar-refractivity contribution in [1.29, 1.82) is 0 Å². The Labute approximate surface area is 163 Å². The molecule has 2 N–H and O–H groups in total. The molecular formula is C22H21N3O3. The lowest BCUT2D eigenvalue weighted by Gasteiger charge is -2.09. The van der Waals surface area contributed by atoms with Crippen LogP contribution in [0.1, 0.15) is 21.5 Å². The summed E-state index contributed by atoms with van der Waals surface area (Å²) in [6, 6.07) is 18.2. The van der Waals surface area contributed by atoms with E-state index in [1.54, 1.807) is 30.5 Å². The number of carbonyl (C=O) groups is 2. The Bertz CT molecular complexity index is 924. The zero-order valence-corrected chi connectivity index (χ0v) is 15.5. The van der Waals surface area contributed by atoms with Crippen LogP contribution >= 0.6 is 0 Å². The first-order valence-corrected chi connectivity index (χ1v) is 8.86. The highest BCUT2D eigenvalue weighted by Crippen LogP contribution is 2.12. The lowest BCUT2D eigenvalue weighted by atomic mass is 10.2. The molecule has 0 spiro atoms. The van der Waals surface area contributed by atoms with Gasteiger partial charge in [-0.1, -0.05) is 29.8 Å². The number of nitrogens with one attached hydrogen (secondary N) is 2. The van der Waals surface area contributed by atoms with Crippen LogP contribution in [0, 0.1) is 6.92 Å². The topological polar surface area (TPSA) is 80.3 Å². The van der Waals surface area contributed by atoms with E-state index >= 15 is 0 Å². The maximum Gasteiger partial charge on any atom is 0.262 e. The zero-order valence-electron chi connectivity index (χ0n) is 15.5. The van der Waals surface area contributed by atoms with Crippen molar-refractivity contribution in [3.05, 3.63) is 89.7 Å². The molecule has 1 heterocycles. The van der Waals surface area contributed by atoms with E-state index in [-0.39, 0.29) is 18.4 Å². The second kappa shape index (κ2) is 9.32. The summed E-state index contributed by atoms with van der Waals surface area (Å²) in [6.07, 6.45) is 3.14. The summed E-state index contributed by atoms with van der Waals surface area (Å²) in [5.41, 5.74) is 3.24. The first-order chi connectivity index (χ1) is 13.6. The maximum absolute atomic E-state index is 12.0. The zero-order chi connectivity index (χ0) is 19.8. The molecule has 0 aliphatic carbocycles. The lowest BCUT2D eigenvalue weighted by molar-refractivity contribution is -0.118. The predicted octanol–water partition coefficient (Wildman–Crippen LogP) is 3.34. The second-order valence-corrected chi connectivity index (χ2v) is 6.27. The number of carbonyl (C=O) groups excluding carboxylic acids is 2. The minimum atomic E-state index is -0.238. The first-order valence-electron chi connectivity index (χ1n) is 8.86. The van der Waals surface area contributed by atoms with E-state index in [1.165, 1.54) is 6.20 Å². The van der Waals surface area contributed by atoms with E-state index in [0.717, 1.165) is 11.1 Å². The monoisotopic (exact) mass is 375 g/mol. The van der Waals surface area contributed by atoms with Crippen molar-refractivity contribution in [3.8, 4) is 5.75 Å². The first kappa shape index (κ1) is 19.1. The van der Waals surface area contributed by atoms with E-state index in [4.69, 9.17) is 4.74 Å². The highest BCUT2D eigenvalue weighted by atomic mass is 16.5. The molecule has 0 saturated heterocycles. The molecule has 0 aliphatic rings. The van der Waals surface area contributed by atoms with Crippen LogP contribution in [0.2, 0.25) is 0 Å². The predicted molar refractivity (Wildman–Crippen MR) is 107 cm³/mol. The number of ether oxygens (including phenoxy) is 1. The van der Waals surface area contributed by atoms with Crippen LogP contribution in [0.4, 0.5) is 5.69 Å². The Morgan fingerprint density at radius 1 is 1.00 bits per heavy atom. The molecule has 6 heteroatoms. The highest BCUT2D eigenvalue weighted by Gasteiger charge is 2.06. The van der Waals surface area contributed by atoms with Crippen LogP contribution in [-0.2, 0) is 11.3 Å². The molecule has 1 aromatic heterocycles. The number of pyridine rings is 1. The van der Waals surface area contributed by atoms with Crippen LogP contribution in [-0.4, -0.2) is 23.4 Å². The number of anilines is 1. The van der Waals surface area contributed by atoms with Crippen molar-refractivity contribution >= 4 is 17.5 Å². The van der Waals surface area contributed by atoms with Gasteiger partial charge in [-0.15, -0.1) is 0 Å². The summed E-state index contributed by atoms with van der Waals surface area (Å²) in [6.45, 7) is 2.31. The normalized spacial score (nSPS) is 10.2. The fraction of sp³-hybridized carbons (Fsp3) is 0.136. The fourth-order valence-electron chi connectivity index (χ4n) is 2.47. The molecule has 142 valence electrons. The van der Waals surface area contributed by atoms with Gasteiger partial charge in [-0.2, -0.15) is 0 Å². The van der Waals surface area contributed by atoms with Crippen molar-refractivity contribution in [3.63, 3.8) is 0 Å². The van der Waals surface area contributed by atoms with Gasteiger partial charge in [0.05, 0.1) is 5.56 Å². The Balaban J connectivity index is 1.45. The molecule has 0 radical (unpaired) electrons. The third-order valence-corrected chi connectivity index (χ3v) is 4.01. The Kier molecular flexibility index (Phi) is 6.36. The summed E-state index contributed by atoms with van der Waals surface area (Å²) >= 11 is 0. The van der Waals surface area contributed by atoms with Gasteiger partial charge in [0.2, 0.25) is 0 Å². The smallest absolute Gasteiger partial charge is 0.262 e. The molecule has 0 saturated carbocycles. The molecule has 3 rings (SSSR count). The van der Waals surface area contributed by atoms with Gasteiger partial charge in [-0.3, -0.25) is 14.6 Å². The van der Waals surface area contributed by atoms with Gasteiger partial charge in [-0.05, 0) is 48.9 Å². The molecular weight excluding hydrogens is 354 g/mol. The number of nitrogens with zero attached hydrogens (tertiary/aromatic N) is 1. The average molecular weight is 375 g/mol. The molecule has 28 heavy (non-hydrogen) atoms. The van der Waals surface area contributed by atoms with E-state index in [1.807, 2.05) is 43.3 Å². The van der Waals surface area contributed by atoms with E-state index in [9.17, 15) is 9.59 Å². The lowest BCUT2D eigenvalue weighted by Crippen LogP contribution is -2.23. The van der Waals surface area contributed by atoms with E-state index < -0.39 is 0 Å². The van der Waals surface area contributed by atoms with Gasteiger partial charge < -0.3 is 15.4 Å². The van der Waals surface area contributed by atoms with Crippen molar-refractivity contribution in [2.45, 2.75) is 13.5 Å². The second-order valence-electron chi connectivity index (χ2n) is 6.27. The Hall–Kier alpha value is -3.67. The number of hydrogen-bond donors (Lipinski definition) is 2. The maximum atomic E-state index is 12.0. The number of amides is 2. The van der Waals surface area contributed by atoms with Crippen LogP contribution in [0.5, 0.6) is 5.75 Å². The molecule has 0 bridgehead atoms. The molecule has 2 amide bonds. The Morgan fingerprint density at radius 3 is 2.43 bits per heavy atom. The minimum absolute atomic E-state index is 0.0635. The van der Waals surface area contributed by atoms with E-state index in [2.05, 4.69) is 15.6 Å². The third kappa shape index (κ3) is 5.67. The summed E-state index contributed by atoms with van der Waals surface area (Å²) in [7, 11) is 0. The van der Waals surface area contributed by atoms with Crippen LogP contribution in [0.15, 0.2) is 73.1 Å². The SMILES string of the molecule is Cc1ccc(OCC(=O)Nc2ccc(CNC(=O)c3cccnc3)cc2)cc1. The van der Waals surface area contributed by atoms with Gasteiger partial charge in [0.25, 0.3) is 11.8 Å². The standard InChI is InChI=1S/C22H21N3O3/c1-16-4-10-20(11-5-16)28-15-21(26)25-19-8-6-17(7-9-19)13-24-22(27)18-3-2-12-23-14-18/h2-12,14H,13,15H2,1H3,(H,24,27)(H,25,26). The van der Waals surface area contributed by atoms with Gasteiger partial charge >= 0.3 is 0 Å². The number of hydrogen-bond acceptors (Lipinski definition) is 4. The van der Waals surface area contributed by atoms with E-state index in [0.29, 0.717) is 23.5 Å². The quantitative estimate of drug-likeness (QED) is 0.664. The largest absolute Gasteiger partial charge is 0.484 e. The highest BCUT2D eigenvalue weighted by molar-refractivity contribution is 5.94. The number of rotatable bonds is 7. The molecule has 0 aliphatic heterocycles. The Morgan fingerprint density at radius 2 is 1.75 bits per heavy atom. The van der Waals surface area contributed by atoms with Crippen LogP contribution < -0.4 is 15.4 Å². The molecule has 2 aromatic carbocycles. The van der Waals surface area contributed by atoms with Crippen molar-refractivity contribution in [2.24, 2.45) is 0 Å². The number of aromatic nitrogens is 1. The van der Waals surface area contributed by atoms with Crippen molar-refractivity contribution < 1.29 is 14.3 Å². The molecule has 3 aromatic rings. The summed E-state index contributed by atoms with van der Waals surface area (Å²) in [5, 5.41) is 5.61. The van der Waals surface area contributed by atoms with Gasteiger partial charge in [0.15, 0.2) is 6.61 Å². The average Bonchev–Trinajstić information content (AvgIpc) is 2.73. The molecule has 6 nitrogen and oxygen atoms in total. The minimum Gasteiger partial charge on any atom is -0.484 e. The number of benzene rings is 2. The summed E-state index contributed by atoms with van der Waals surface area (Å²) in [4.78, 5) is 28.0. The molecule has 0 fully saturated rings. The summed E-state index contributed by atoms with van der Waals surface area (Å²) in [5.74, 6) is 0.234. The fourth-order valence-corrected chi connectivity index (χ4v) is 2.47. The third-order valence-electron chi connectivity index (χ3n) is 4.01. The van der Waals surface area contributed by atoms with Gasteiger partial charge in [0.1, 0.15) is 5.75 Å². The molecule has 0 unspecified atom stereocenters. The van der Waals surface area contributed by atoms with Gasteiger partial charge in [0, 0.05) is 24.6 Å². The summed E-state index contributed by atoms with van der Waals surface area (Å²) < 4.78 is 5.46. The number of aryl methyl sites for hydroxylation is 1. The molecule has 0 atom stereocenters.